The summed E-state index contributed by atoms with van der Waals surface area (Å²) in [4.78, 5) is 10.1. The van der Waals surface area contributed by atoms with Crippen molar-refractivity contribution in [1.29, 1.82) is 0 Å². The third-order valence-electron chi connectivity index (χ3n) is 1.18. The summed E-state index contributed by atoms with van der Waals surface area (Å²) in [7, 11) is 0. The Labute approximate surface area is 90.1 Å². The SMILES string of the molecule is O=C([O-])c1cc(F)ccc1O.[Na+]. The predicted octanol–water partition coefficient (Wildman–Crippen LogP) is -3.10. The molecule has 0 aliphatic carbocycles. The van der Waals surface area contributed by atoms with Crippen LogP contribution in [0.25, 0.3) is 0 Å². The Hall–Kier alpha value is -0.580. The minimum absolute atomic E-state index is 0. The van der Waals surface area contributed by atoms with Crippen molar-refractivity contribution >= 4 is 5.97 Å². The van der Waals surface area contributed by atoms with Gasteiger partial charge in [-0.3, -0.25) is 0 Å². The average Bonchev–Trinajstić information content (AvgIpc) is 1.94. The second kappa shape index (κ2) is 4.45. The quantitative estimate of drug-likeness (QED) is 0.463. The van der Waals surface area contributed by atoms with E-state index in [-0.39, 0.29) is 29.6 Å². The van der Waals surface area contributed by atoms with Gasteiger partial charge in [-0.1, -0.05) is 0 Å². The first-order chi connectivity index (χ1) is 5.11. The maximum Gasteiger partial charge on any atom is 1.00 e. The Kier molecular flexibility index (Phi) is 4.23. The summed E-state index contributed by atoms with van der Waals surface area (Å²) in [5.41, 5.74) is -0.537. The fraction of sp³-hybridized carbons (Fsp3) is 0. The molecule has 12 heavy (non-hydrogen) atoms. The minimum atomic E-state index is -1.60. The van der Waals surface area contributed by atoms with Crippen LogP contribution >= 0.6 is 0 Å². The van der Waals surface area contributed by atoms with Crippen molar-refractivity contribution in [3.8, 4) is 5.75 Å². The molecule has 1 aromatic rings. The predicted molar refractivity (Wildman–Crippen MR) is 32.4 cm³/mol. The molecule has 0 spiro atoms. The topological polar surface area (TPSA) is 60.4 Å². The number of carbonyl (C=O) groups excluding carboxylic acids is 1. The zero-order valence-electron chi connectivity index (χ0n) is 6.37. The summed E-state index contributed by atoms with van der Waals surface area (Å²) in [5, 5.41) is 19.0. The molecule has 0 fully saturated rings. The monoisotopic (exact) mass is 178 g/mol. The van der Waals surface area contributed by atoms with Gasteiger partial charge < -0.3 is 15.0 Å². The molecule has 1 aromatic carbocycles. The molecule has 0 aliphatic heterocycles. The van der Waals surface area contributed by atoms with E-state index in [0.717, 1.165) is 12.1 Å². The van der Waals surface area contributed by atoms with Crippen LogP contribution in [0.5, 0.6) is 5.75 Å². The number of rotatable bonds is 1. The Morgan fingerprint density at radius 2 is 2.08 bits per heavy atom. The summed E-state index contributed by atoms with van der Waals surface area (Å²) in [5.74, 6) is -2.81. The van der Waals surface area contributed by atoms with E-state index in [2.05, 4.69) is 0 Å². The fourth-order valence-corrected chi connectivity index (χ4v) is 0.672. The molecule has 0 aromatic heterocycles. The molecule has 0 saturated heterocycles. The number of aromatic hydroxyl groups is 1. The normalized spacial score (nSPS) is 8.75. The van der Waals surface area contributed by atoms with Gasteiger partial charge in [0, 0.05) is 5.56 Å². The summed E-state index contributed by atoms with van der Waals surface area (Å²) in [6, 6.07) is 2.62. The zero-order valence-corrected chi connectivity index (χ0v) is 8.37. The van der Waals surface area contributed by atoms with Crippen LogP contribution in [-0.2, 0) is 0 Å². The largest absolute Gasteiger partial charge is 1.00 e. The van der Waals surface area contributed by atoms with Gasteiger partial charge in [0.25, 0.3) is 0 Å². The third kappa shape index (κ3) is 2.48. The molecule has 0 heterocycles. The van der Waals surface area contributed by atoms with E-state index in [0.29, 0.717) is 6.07 Å². The first kappa shape index (κ1) is 11.4. The first-order valence-electron chi connectivity index (χ1n) is 2.81. The number of phenols is 1. The fourth-order valence-electron chi connectivity index (χ4n) is 0.672. The molecule has 1 N–H and O–H groups in total. The smallest absolute Gasteiger partial charge is 0.545 e. The molecule has 0 saturated carbocycles. The summed E-state index contributed by atoms with van der Waals surface area (Å²) >= 11 is 0. The van der Waals surface area contributed by atoms with Crippen molar-refractivity contribution in [2.24, 2.45) is 0 Å². The molecular formula is C7H4FNaO3. The van der Waals surface area contributed by atoms with E-state index < -0.39 is 23.1 Å². The molecular weight excluding hydrogens is 174 g/mol. The molecule has 0 bridgehead atoms. The van der Waals surface area contributed by atoms with Crippen LogP contribution in [0, 0.1) is 5.82 Å². The van der Waals surface area contributed by atoms with Crippen molar-refractivity contribution in [3.05, 3.63) is 29.6 Å². The Morgan fingerprint density at radius 3 is 2.50 bits per heavy atom. The molecule has 0 unspecified atom stereocenters. The van der Waals surface area contributed by atoms with Gasteiger partial charge in [0.2, 0.25) is 0 Å². The number of benzene rings is 1. The van der Waals surface area contributed by atoms with Crippen LogP contribution in [0.3, 0.4) is 0 Å². The van der Waals surface area contributed by atoms with Gasteiger partial charge in [-0.05, 0) is 18.2 Å². The van der Waals surface area contributed by atoms with Crippen molar-refractivity contribution in [1.82, 2.24) is 0 Å². The standard InChI is InChI=1S/C7H5FO3.Na/c8-4-1-2-6(9)5(3-4)7(10)11;/h1-3,9H,(H,10,11);/q;+1/p-1. The summed E-state index contributed by atoms with van der Waals surface area (Å²) in [6.45, 7) is 0. The van der Waals surface area contributed by atoms with Gasteiger partial charge in [-0.25, -0.2) is 4.39 Å². The molecule has 5 heteroatoms. The number of carbonyl (C=O) groups is 1. The van der Waals surface area contributed by atoms with Gasteiger partial charge in [0.15, 0.2) is 0 Å². The van der Waals surface area contributed by atoms with Gasteiger partial charge in [-0.15, -0.1) is 0 Å². The summed E-state index contributed by atoms with van der Waals surface area (Å²) in [6.07, 6.45) is 0. The van der Waals surface area contributed by atoms with Crippen molar-refractivity contribution in [3.63, 3.8) is 0 Å². The van der Waals surface area contributed by atoms with E-state index >= 15 is 0 Å². The number of hydrogen-bond acceptors (Lipinski definition) is 3. The molecule has 3 nitrogen and oxygen atoms in total. The second-order valence-corrected chi connectivity index (χ2v) is 1.95. The second-order valence-electron chi connectivity index (χ2n) is 1.95. The van der Waals surface area contributed by atoms with Crippen LogP contribution < -0.4 is 34.7 Å². The number of hydrogen-bond donors (Lipinski definition) is 1. The maximum atomic E-state index is 12.3. The zero-order chi connectivity index (χ0) is 8.43. The Balaban J connectivity index is 0.00000121. The molecule has 0 atom stereocenters. The van der Waals surface area contributed by atoms with Crippen LogP contribution in [0.2, 0.25) is 0 Å². The van der Waals surface area contributed by atoms with Crippen molar-refractivity contribution in [2.75, 3.05) is 0 Å². The molecule has 58 valence electrons. The summed E-state index contributed by atoms with van der Waals surface area (Å²) < 4.78 is 12.3. The van der Waals surface area contributed by atoms with Crippen molar-refractivity contribution in [2.45, 2.75) is 0 Å². The number of carboxylic acids is 1. The van der Waals surface area contributed by atoms with E-state index in [1.54, 1.807) is 0 Å². The molecule has 1 rings (SSSR count). The van der Waals surface area contributed by atoms with E-state index in [4.69, 9.17) is 5.11 Å². The molecule has 0 aliphatic rings. The Bertz CT molecular complexity index is 301. The van der Waals surface area contributed by atoms with Crippen LogP contribution in [0.4, 0.5) is 4.39 Å². The Morgan fingerprint density at radius 1 is 1.50 bits per heavy atom. The molecule has 0 radical (unpaired) electrons. The van der Waals surface area contributed by atoms with Crippen LogP contribution in [-0.4, -0.2) is 11.1 Å². The van der Waals surface area contributed by atoms with Gasteiger partial charge in [0.1, 0.15) is 11.6 Å². The van der Waals surface area contributed by atoms with Gasteiger partial charge in [-0.2, -0.15) is 0 Å². The first-order valence-corrected chi connectivity index (χ1v) is 2.81. The van der Waals surface area contributed by atoms with Crippen LogP contribution in [0.1, 0.15) is 10.4 Å². The number of aromatic carboxylic acids is 1. The van der Waals surface area contributed by atoms with Gasteiger partial charge in [0.05, 0.1) is 5.97 Å². The van der Waals surface area contributed by atoms with E-state index in [1.165, 1.54) is 0 Å². The maximum absolute atomic E-state index is 12.3. The third-order valence-corrected chi connectivity index (χ3v) is 1.18. The van der Waals surface area contributed by atoms with Gasteiger partial charge >= 0.3 is 29.6 Å². The minimum Gasteiger partial charge on any atom is -0.545 e. The number of halogens is 1. The van der Waals surface area contributed by atoms with E-state index in [9.17, 15) is 14.3 Å². The molecule has 0 amide bonds. The van der Waals surface area contributed by atoms with E-state index in [1.807, 2.05) is 0 Å². The van der Waals surface area contributed by atoms with Crippen LogP contribution in [0.15, 0.2) is 18.2 Å². The average molecular weight is 178 g/mol. The van der Waals surface area contributed by atoms with Crippen molar-refractivity contribution < 1.29 is 49.0 Å². The number of carboxylic acid groups (broad SMARTS) is 1.